The Hall–Kier alpha value is -2.50. The molecule has 1 aromatic rings. The maximum absolute atomic E-state index is 11.8. The number of hydrogen-bond donors (Lipinski definition) is 2. The van der Waals surface area contributed by atoms with E-state index in [0.717, 1.165) is 5.56 Å². The zero-order valence-corrected chi connectivity index (χ0v) is 14.9. The van der Waals surface area contributed by atoms with Crippen LogP contribution in [0.4, 0.5) is 5.69 Å². The first-order valence-corrected chi connectivity index (χ1v) is 8.57. The molecule has 25 heavy (non-hydrogen) atoms. The lowest BCUT2D eigenvalue weighted by atomic mass is 10.0. The first kappa shape index (κ1) is 20.5. The van der Waals surface area contributed by atoms with Crippen molar-refractivity contribution in [3.8, 4) is 0 Å². The monoisotopic (exact) mass is 346 g/mol. The second-order valence-corrected chi connectivity index (χ2v) is 5.97. The molecule has 0 heterocycles. The summed E-state index contributed by atoms with van der Waals surface area (Å²) >= 11 is 0. The summed E-state index contributed by atoms with van der Waals surface area (Å²) in [4.78, 5) is 45.5. The number of aryl methyl sites for hydroxylation is 1. The molecule has 1 rings (SSSR count). The van der Waals surface area contributed by atoms with Crippen LogP contribution in [0.1, 0.15) is 51.5 Å². The molecule has 0 fully saturated rings. The maximum atomic E-state index is 11.8. The molecular weight excluding hydrogens is 320 g/mol. The van der Waals surface area contributed by atoms with Gasteiger partial charge in [0.25, 0.3) is 0 Å². The van der Waals surface area contributed by atoms with Crippen molar-refractivity contribution in [3.05, 3.63) is 29.8 Å². The minimum Gasteiger partial charge on any atom is -0.356 e. The summed E-state index contributed by atoms with van der Waals surface area (Å²) in [5.74, 6) is -0.347. The fourth-order valence-corrected chi connectivity index (χ4v) is 2.32. The summed E-state index contributed by atoms with van der Waals surface area (Å²) in [6, 6.07) is 7.27. The van der Waals surface area contributed by atoms with Crippen LogP contribution in [0.25, 0.3) is 0 Å². The van der Waals surface area contributed by atoms with Crippen molar-refractivity contribution < 1.29 is 19.2 Å². The number of nitrogens with one attached hydrogen (secondary N) is 2. The summed E-state index contributed by atoms with van der Waals surface area (Å²) in [5, 5.41) is 5.48. The van der Waals surface area contributed by atoms with Crippen molar-refractivity contribution in [1.82, 2.24) is 5.32 Å². The number of Topliss-reactive ketones (excluding diaryl/α,β-unsaturated/α-hetero) is 2. The molecule has 6 heteroatoms. The van der Waals surface area contributed by atoms with Gasteiger partial charge in [-0.25, -0.2) is 0 Å². The van der Waals surface area contributed by atoms with E-state index in [0.29, 0.717) is 44.3 Å². The highest BCUT2D eigenvalue weighted by atomic mass is 16.2. The first-order chi connectivity index (χ1) is 11.9. The van der Waals surface area contributed by atoms with Gasteiger partial charge in [-0.15, -0.1) is 0 Å². The van der Waals surface area contributed by atoms with E-state index in [1.54, 1.807) is 12.1 Å². The summed E-state index contributed by atoms with van der Waals surface area (Å²) in [5.41, 5.74) is 1.66. The highest BCUT2D eigenvalue weighted by Gasteiger charge is 2.07. The third kappa shape index (κ3) is 9.39. The summed E-state index contributed by atoms with van der Waals surface area (Å²) in [6.45, 7) is 3.86. The number of amides is 2. The molecule has 6 nitrogen and oxygen atoms in total. The van der Waals surface area contributed by atoms with Gasteiger partial charge in [0.05, 0.1) is 6.42 Å². The van der Waals surface area contributed by atoms with E-state index >= 15 is 0 Å². The molecule has 2 amide bonds. The third-order valence-electron chi connectivity index (χ3n) is 3.56. The third-order valence-corrected chi connectivity index (χ3v) is 3.56. The molecule has 0 unspecified atom stereocenters. The minimum atomic E-state index is -0.131. The number of hydrogen-bond acceptors (Lipinski definition) is 4. The fraction of sp³-hybridized carbons (Fsp3) is 0.474. The van der Waals surface area contributed by atoms with Crippen molar-refractivity contribution in [3.63, 3.8) is 0 Å². The lowest BCUT2D eigenvalue weighted by Gasteiger charge is -2.07. The molecule has 0 saturated carbocycles. The number of anilines is 1. The maximum Gasteiger partial charge on any atom is 0.224 e. The predicted molar refractivity (Wildman–Crippen MR) is 96.2 cm³/mol. The second kappa shape index (κ2) is 11.1. The smallest absolute Gasteiger partial charge is 0.224 e. The van der Waals surface area contributed by atoms with Gasteiger partial charge in [-0.05, 0) is 44.4 Å². The Morgan fingerprint density at radius 1 is 0.920 bits per heavy atom. The number of rotatable bonds is 11. The quantitative estimate of drug-likeness (QED) is 0.602. The van der Waals surface area contributed by atoms with Gasteiger partial charge < -0.3 is 10.6 Å². The van der Waals surface area contributed by atoms with Crippen LogP contribution in [0.15, 0.2) is 24.3 Å². The summed E-state index contributed by atoms with van der Waals surface area (Å²) in [7, 11) is 0. The van der Waals surface area contributed by atoms with E-state index in [1.165, 1.54) is 6.92 Å². The van der Waals surface area contributed by atoms with Crippen LogP contribution in [0, 0.1) is 0 Å². The molecule has 0 spiro atoms. The average Bonchev–Trinajstić information content (AvgIpc) is 2.54. The Morgan fingerprint density at radius 2 is 1.56 bits per heavy atom. The molecule has 0 radical (unpaired) electrons. The largest absolute Gasteiger partial charge is 0.356 e. The normalized spacial score (nSPS) is 10.2. The SMILES string of the molecule is CCNC(=O)CCCC(=O)Nc1ccc(CCC(=O)CC(C)=O)cc1. The zero-order chi connectivity index (χ0) is 18.7. The van der Waals surface area contributed by atoms with Gasteiger partial charge in [-0.1, -0.05) is 12.1 Å². The number of ketones is 2. The highest BCUT2D eigenvalue weighted by Crippen LogP contribution is 2.12. The Labute approximate surface area is 148 Å². The number of benzene rings is 1. The van der Waals surface area contributed by atoms with E-state index in [2.05, 4.69) is 10.6 Å². The fourth-order valence-electron chi connectivity index (χ4n) is 2.32. The molecule has 136 valence electrons. The zero-order valence-electron chi connectivity index (χ0n) is 14.9. The van der Waals surface area contributed by atoms with Crippen molar-refractivity contribution in [2.45, 2.75) is 52.4 Å². The highest BCUT2D eigenvalue weighted by molar-refractivity contribution is 5.98. The van der Waals surface area contributed by atoms with Gasteiger partial charge in [0, 0.05) is 31.5 Å². The predicted octanol–water partition coefficient (Wildman–Crippen LogP) is 2.41. The van der Waals surface area contributed by atoms with Crippen LogP contribution in [-0.2, 0) is 25.6 Å². The van der Waals surface area contributed by atoms with Gasteiger partial charge in [0.1, 0.15) is 11.6 Å². The minimum absolute atomic E-state index is 0.00950. The second-order valence-electron chi connectivity index (χ2n) is 5.97. The molecule has 0 aromatic heterocycles. The van der Waals surface area contributed by atoms with Gasteiger partial charge in [-0.3, -0.25) is 19.2 Å². The van der Waals surface area contributed by atoms with E-state index in [-0.39, 0.29) is 29.8 Å². The van der Waals surface area contributed by atoms with Crippen LogP contribution in [0.5, 0.6) is 0 Å². The number of carbonyl (C=O) groups is 4. The van der Waals surface area contributed by atoms with Crippen molar-refractivity contribution >= 4 is 29.1 Å². The Balaban J connectivity index is 2.33. The Bertz CT molecular complexity index is 608. The van der Waals surface area contributed by atoms with Crippen molar-refractivity contribution in [2.24, 2.45) is 0 Å². The van der Waals surface area contributed by atoms with E-state index in [9.17, 15) is 19.2 Å². The van der Waals surface area contributed by atoms with E-state index < -0.39 is 0 Å². The molecule has 0 aliphatic carbocycles. The van der Waals surface area contributed by atoms with Crippen LogP contribution in [0.3, 0.4) is 0 Å². The Kier molecular flexibility index (Phi) is 9.14. The Morgan fingerprint density at radius 3 is 2.16 bits per heavy atom. The molecular formula is C19H26N2O4. The summed E-state index contributed by atoms with van der Waals surface area (Å²) in [6.07, 6.45) is 2.04. The van der Waals surface area contributed by atoms with Crippen molar-refractivity contribution in [1.29, 1.82) is 0 Å². The molecule has 0 bridgehead atoms. The van der Waals surface area contributed by atoms with Crippen LogP contribution in [0.2, 0.25) is 0 Å². The van der Waals surface area contributed by atoms with Gasteiger partial charge in [0.2, 0.25) is 11.8 Å². The molecule has 0 aliphatic heterocycles. The topological polar surface area (TPSA) is 92.3 Å². The van der Waals surface area contributed by atoms with Crippen LogP contribution >= 0.6 is 0 Å². The molecule has 0 saturated heterocycles. The molecule has 0 atom stereocenters. The van der Waals surface area contributed by atoms with E-state index in [1.807, 2.05) is 19.1 Å². The summed E-state index contributed by atoms with van der Waals surface area (Å²) < 4.78 is 0. The van der Waals surface area contributed by atoms with Gasteiger partial charge in [0.15, 0.2) is 0 Å². The standard InChI is InChI=1S/C19H26N2O4/c1-3-20-18(24)5-4-6-19(25)21-16-10-7-15(8-11-16)9-12-17(23)13-14(2)22/h7-8,10-11H,3-6,9,12-13H2,1-2H3,(H,20,24)(H,21,25). The molecule has 0 aliphatic rings. The first-order valence-electron chi connectivity index (χ1n) is 8.57. The molecule has 2 N–H and O–H groups in total. The van der Waals surface area contributed by atoms with E-state index in [4.69, 9.17) is 0 Å². The van der Waals surface area contributed by atoms with Crippen LogP contribution in [-0.4, -0.2) is 29.9 Å². The van der Waals surface area contributed by atoms with Gasteiger partial charge in [-0.2, -0.15) is 0 Å². The van der Waals surface area contributed by atoms with Crippen molar-refractivity contribution in [2.75, 3.05) is 11.9 Å². The average molecular weight is 346 g/mol. The molecule has 1 aromatic carbocycles. The lowest BCUT2D eigenvalue weighted by Crippen LogP contribution is -2.22. The lowest BCUT2D eigenvalue weighted by molar-refractivity contribution is -0.126. The number of carbonyl (C=O) groups excluding carboxylic acids is 4. The van der Waals surface area contributed by atoms with Gasteiger partial charge >= 0.3 is 0 Å². The van der Waals surface area contributed by atoms with Crippen LogP contribution < -0.4 is 10.6 Å².